The number of hydrogen-bond donors (Lipinski definition) is 1. The second-order valence-electron chi connectivity index (χ2n) is 10.9. The molecular formula is C24H34O4S. The molecule has 1 saturated heterocycles. The first kappa shape index (κ1) is 20.1. The van der Waals surface area contributed by atoms with E-state index in [4.69, 9.17) is 4.74 Å². The van der Waals surface area contributed by atoms with Gasteiger partial charge in [0.05, 0.1) is 0 Å². The van der Waals surface area contributed by atoms with Gasteiger partial charge in [-0.2, -0.15) is 0 Å². The molecule has 29 heavy (non-hydrogen) atoms. The van der Waals surface area contributed by atoms with E-state index >= 15 is 0 Å². The van der Waals surface area contributed by atoms with Crippen LogP contribution in [0.1, 0.15) is 78.6 Å². The maximum atomic E-state index is 12.5. The number of ketones is 1. The van der Waals surface area contributed by atoms with E-state index in [-0.39, 0.29) is 39.4 Å². The van der Waals surface area contributed by atoms with Crippen molar-refractivity contribution in [3.63, 3.8) is 0 Å². The summed E-state index contributed by atoms with van der Waals surface area (Å²) < 4.78 is 15.9. The minimum atomic E-state index is -0.229. The van der Waals surface area contributed by atoms with Gasteiger partial charge in [0.25, 0.3) is 0 Å². The average Bonchev–Trinajstić information content (AvgIpc) is 3.21. The van der Waals surface area contributed by atoms with E-state index < -0.39 is 0 Å². The third-order valence-electron chi connectivity index (χ3n) is 10.2. The van der Waals surface area contributed by atoms with Crippen molar-refractivity contribution < 1.29 is 18.9 Å². The Hall–Kier alpha value is -0.810. The van der Waals surface area contributed by atoms with Crippen LogP contribution in [0, 0.1) is 34.5 Å². The summed E-state index contributed by atoms with van der Waals surface area (Å²) in [6.45, 7) is 6.87. The van der Waals surface area contributed by atoms with Crippen molar-refractivity contribution in [3.05, 3.63) is 11.6 Å². The van der Waals surface area contributed by atoms with E-state index in [0.717, 1.165) is 57.0 Å². The zero-order valence-electron chi connectivity index (χ0n) is 17.9. The van der Waals surface area contributed by atoms with Gasteiger partial charge in [0.1, 0.15) is 5.60 Å². The molecule has 5 heteroatoms. The van der Waals surface area contributed by atoms with E-state index in [9.17, 15) is 14.1 Å². The summed E-state index contributed by atoms with van der Waals surface area (Å²) in [6, 6.07) is 0. The van der Waals surface area contributed by atoms with Crippen LogP contribution in [0.3, 0.4) is 0 Å². The van der Waals surface area contributed by atoms with Crippen LogP contribution < -0.4 is 0 Å². The largest absolute Gasteiger partial charge is 0.458 e. The Kier molecular flexibility index (Phi) is 4.57. The predicted octanol–water partition coefficient (Wildman–Crippen LogP) is 5.41. The summed E-state index contributed by atoms with van der Waals surface area (Å²) in [7, 11) is 0. The second-order valence-corrected chi connectivity index (χ2v) is 11.9. The Labute approximate surface area is 178 Å². The Morgan fingerprint density at radius 2 is 1.86 bits per heavy atom. The van der Waals surface area contributed by atoms with Gasteiger partial charge in [0, 0.05) is 23.5 Å². The predicted molar refractivity (Wildman–Crippen MR) is 113 cm³/mol. The fourth-order valence-electron chi connectivity index (χ4n) is 8.71. The highest BCUT2D eigenvalue weighted by atomic mass is 32.2. The Morgan fingerprint density at radius 3 is 2.55 bits per heavy atom. The number of esters is 1. The summed E-state index contributed by atoms with van der Waals surface area (Å²) in [5.41, 5.74) is 1.20. The highest BCUT2D eigenvalue weighted by Gasteiger charge is 2.67. The van der Waals surface area contributed by atoms with E-state index in [1.165, 1.54) is 5.57 Å². The molecule has 4 nitrogen and oxygen atoms in total. The van der Waals surface area contributed by atoms with Crippen molar-refractivity contribution in [1.29, 1.82) is 0 Å². The lowest BCUT2D eigenvalue weighted by Crippen LogP contribution is -2.57. The first-order chi connectivity index (χ1) is 13.7. The molecule has 5 rings (SSSR count). The summed E-state index contributed by atoms with van der Waals surface area (Å²) in [5, 5.41) is 0.0606. The van der Waals surface area contributed by atoms with Crippen molar-refractivity contribution in [3.8, 4) is 0 Å². The van der Waals surface area contributed by atoms with Gasteiger partial charge in [-0.05, 0) is 92.2 Å². The summed E-state index contributed by atoms with van der Waals surface area (Å²) >= 11 is 0.924. The van der Waals surface area contributed by atoms with Gasteiger partial charge in [-0.3, -0.25) is 9.59 Å². The normalized spacial score (nSPS) is 49.9. The van der Waals surface area contributed by atoms with Crippen LogP contribution in [0.4, 0.5) is 0 Å². The molecule has 160 valence electrons. The molecule has 0 aromatic carbocycles. The maximum Gasteiger partial charge on any atom is 0.306 e. The van der Waals surface area contributed by atoms with Crippen LogP contribution in [0.25, 0.3) is 0 Å². The van der Waals surface area contributed by atoms with Crippen LogP contribution in [-0.4, -0.2) is 27.2 Å². The maximum absolute atomic E-state index is 12.5. The van der Waals surface area contributed by atoms with Gasteiger partial charge in [-0.1, -0.05) is 26.3 Å². The van der Waals surface area contributed by atoms with E-state index in [0.29, 0.717) is 30.6 Å². The number of carbonyl (C=O) groups is 2. The standard InChI is InChI=1S/C24H34O4S/c1-14(29-27)20-13-16(25)12-15-4-5-17-18-7-10-24(11-8-21(26)28-24)22(18,2)9-6-19(17)23(15,20)3/h12,14,17-20,27H,4-11,13H2,1-3H3. The van der Waals surface area contributed by atoms with E-state index in [2.05, 4.69) is 20.8 Å². The van der Waals surface area contributed by atoms with Crippen molar-refractivity contribution in [2.45, 2.75) is 89.4 Å². The quantitative estimate of drug-likeness (QED) is 0.479. The van der Waals surface area contributed by atoms with Gasteiger partial charge in [-0.25, -0.2) is 0 Å². The minimum Gasteiger partial charge on any atom is -0.458 e. The molecule has 3 saturated carbocycles. The monoisotopic (exact) mass is 418 g/mol. The topological polar surface area (TPSA) is 63.6 Å². The smallest absolute Gasteiger partial charge is 0.306 e. The van der Waals surface area contributed by atoms with E-state index in [1.54, 1.807) is 0 Å². The molecule has 1 heterocycles. The highest BCUT2D eigenvalue weighted by Crippen LogP contribution is 2.70. The molecular weight excluding hydrogens is 384 g/mol. The molecule has 0 radical (unpaired) electrons. The summed E-state index contributed by atoms with van der Waals surface area (Å²) in [4.78, 5) is 24.5. The summed E-state index contributed by atoms with van der Waals surface area (Å²) in [5.74, 6) is 2.21. The minimum absolute atomic E-state index is 0.00455. The Balaban J connectivity index is 1.51. The molecule has 4 fully saturated rings. The third-order valence-corrected chi connectivity index (χ3v) is 10.9. The molecule has 4 aliphatic carbocycles. The number of ether oxygens (including phenoxy) is 1. The molecule has 8 unspecified atom stereocenters. The first-order valence-electron chi connectivity index (χ1n) is 11.5. The van der Waals surface area contributed by atoms with Crippen LogP contribution in [0.15, 0.2) is 11.6 Å². The third kappa shape index (κ3) is 2.55. The lowest BCUT2D eigenvalue weighted by molar-refractivity contribution is -0.169. The SMILES string of the molecule is CC(SO)C1CC(=O)C=C2CCC3C(CCC4(C)C3CCC43CCC(=O)O3)C21C. The van der Waals surface area contributed by atoms with Gasteiger partial charge < -0.3 is 9.29 Å². The van der Waals surface area contributed by atoms with Crippen molar-refractivity contribution in [2.24, 2.45) is 34.5 Å². The van der Waals surface area contributed by atoms with Crippen LogP contribution in [0.2, 0.25) is 0 Å². The Bertz CT molecular complexity index is 777. The zero-order chi connectivity index (χ0) is 20.6. The van der Waals surface area contributed by atoms with E-state index in [1.807, 2.05) is 6.08 Å². The fourth-order valence-corrected chi connectivity index (χ4v) is 9.23. The lowest BCUT2D eigenvalue weighted by Gasteiger charge is -2.61. The van der Waals surface area contributed by atoms with Gasteiger partial charge in [0.15, 0.2) is 5.78 Å². The summed E-state index contributed by atoms with van der Waals surface area (Å²) in [6.07, 6.45) is 10.6. The molecule has 1 N–H and O–H groups in total. The molecule has 1 spiro atoms. The van der Waals surface area contributed by atoms with Crippen molar-refractivity contribution >= 4 is 23.8 Å². The molecule has 0 aromatic rings. The first-order valence-corrected chi connectivity index (χ1v) is 12.3. The number of carbonyl (C=O) groups excluding carboxylic acids is 2. The fraction of sp³-hybridized carbons (Fsp3) is 0.833. The molecule has 8 atom stereocenters. The second kappa shape index (κ2) is 6.59. The number of rotatable bonds is 2. The zero-order valence-corrected chi connectivity index (χ0v) is 18.7. The molecule has 0 amide bonds. The highest BCUT2D eigenvalue weighted by molar-refractivity contribution is 7.94. The molecule has 5 aliphatic rings. The molecule has 1 aliphatic heterocycles. The van der Waals surface area contributed by atoms with Crippen LogP contribution in [-0.2, 0) is 14.3 Å². The van der Waals surface area contributed by atoms with Crippen LogP contribution in [0.5, 0.6) is 0 Å². The lowest BCUT2D eigenvalue weighted by atomic mass is 9.44. The van der Waals surface area contributed by atoms with Gasteiger partial charge in [0.2, 0.25) is 0 Å². The molecule has 0 bridgehead atoms. The number of fused-ring (bicyclic) bond motifs is 6. The van der Waals surface area contributed by atoms with Gasteiger partial charge in [-0.15, -0.1) is 0 Å². The number of hydrogen-bond acceptors (Lipinski definition) is 5. The van der Waals surface area contributed by atoms with Crippen LogP contribution >= 0.6 is 12.0 Å². The van der Waals surface area contributed by atoms with Crippen molar-refractivity contribution in [1.82, 2.24) is 0 Å². The Morgan fingerprint density at radius 1 is 1.10 bits per heavy atom. The molecule has 0 aromatic heterocycles. The average molecular weight is 419 g/mol. The van der Waals surface area contributed by atoms with Gasteiger partial charge >= 0.3 is 5.97 Å². The number of allylic oxidation sites excluding steroid dienone is 1. The van der Waals surface area contributed by atoms with Crippen molar-refractivity contribution in [2.75, 3.05) is 0 Å².